The van der Waals surface area contributed by atoms with Crippen LogP contribution in [0.3, 0.4) is 0 Å². The highest BCUT2D eigenvalue weighted by Crippen LogP contribution is 2.38. The molecule has 0 bridgehead atoms. The zero-order valence-corrected chi connectivity index (χ0v) is 14.3. The van der Waals surface area contributed by atoms with Gasteiger partial charge in [-0.05, 0) is 32.0 Å². The first kappa shape index (κ1) is 17.4. The summed E-state index contributed by atoms with van der Waals surface area (Å²) in [4.78, 5) is 16.7. The standard InChI is InChI=1S/C17H20N2O5/c1-9-6-12(15(20)10(2)18-9)19-17(21)11-7-13(22-3)16(24-5)14(8-11)23-4/h6-8,20H,1-5H3,(H,18,19,21). The molecule has 0 aliphatic carbocycles. The van der Waals surface area contributed by atoms with Crippen LogP contribution in [-0.4, -0.2) is 37.3 Å². The normalized spacial score (nSPS) is 10.2. The van der Waals surface area contributed by atoms with E-state index in [0.29, 0.717) is 39.9 Å². The molecule has 0 saturated carbocycles. The Hall–Kier alpha value is -2.96. The molecule has 1 aromatic carbocycles. The third-order valence-corrected chi connectivity index (χ3v) is 3.47. The number of nitrogens with zero attached hydrogens (tertiary/aromatic N) is 1. The molecule has 0 aliphatic heterocycles. The van der Waals surface area contributed by atoms with Gasteiger partial charge in [-0.15, -0.1) is 0 Å². The number of ether oxygens (including phenoxy) is 3. The number of carbonyl (C=O) groups is 1. The maximum Gasteiger partial charge on any atom is 0.256 e. The van der Waals surface area contributed by atoms with Gasteiger partial charge in [0.25, 0.3) is 5.91 Å². The van der Waals surface area contributed by atoms with Crippen LogP contribution in [0.2, 0.25) is 0 Å². The van der Waals surface area contributed by atoms with Crippen molar-refractivity contribution in [3.05, 3.63) is 35.2 Å². The second-order valence-corrected chi connectivity index (χ2v) is 5.11. The lowest BCUT2D eigenvalue weighted by atomic mass is 10.1. The van der Waals surface area contributed by atoms with E-state index in [4.69, 9.17) is 14.2 Å². The highest BCUT2D eigenvalue weighted by molar-refractivity contribution is 6.05. The van der Waals surface area contributed by atoms with Crippen molar-refractivity contribution in [2.24, 2.45) is 0 Å². The molecule has 0 aliphatic rings. The quantitative estimate of drug-likeness (QED) is 0.875. The average molecular weight is 332 g/mol. The van der Waals surface area contributed by atoms with E-state index in [1.54, 1.807) is 19.9 Å². The fraction of sp³-hybridized carbons (Fsp3) is 0.294. The molecule has 0 radical (unpaired) electrons. The van der Waals surface area contributed by atoms with E-state index in [0.717, 1.165) is 0 Å². The van der Waals surface area contributed by atoms with Gasteiger partial charge < -0.3 is 24.6 Å². The summed E-state index contributed by atoms with van der Waals surface area (Å²) in [5.41, 5.74) is 1.72. The smallest absolute Gasteiger partial charge is 0.256 e. The second kappa shape index (κ2) is 7.08. The van der Waals surface area contributed by atoms with Crippen molar-refractivity contribution in [2.75, 3.05) is 26.6 Å². The maximum absolute atomic E-state index is 12.5. The highest BCUT2D eigenvalue weighted by Gasteiger charge is 2.18. The van der Waals surface area contributed by atoms with E-state index in [9.17, 15) is 9.90 Å². The minimum atomic E-state index is -0.422. The Morgan fingerprint density at radius 3 is 2.12 bits per heavy atom. The summed E-state index contributed by atoms with van der Waals surface area (Å²) in [5.74, 6) is 0.646. The number of hydrogen-bond acceptors (Lipinski definition) is 6. The number of pyridine rings is 1. The summed E-state index contributed by atoms with van der Waals surface area (Å²) in [5, 5.41) is 12.7. The molecule has 7 heteroatoms. The molecule has 7 nitrogen and oxygen atoms in total. The van der Waals surface area contributed by atoms with Crippen LogP contribution >= 0.6 is 0 Å². The van der Waals surface area contributed by atoms with Gasteiger partial charge in [0.1, 0.15) is 0 Å². The number of aryl methyl sites for hydroxylation is 2. The van der Waals surface area contributed by atoms with Crippen LogP contribution in [0.5, 0.6) is 23.0 Å². The van der Waals surface area contributed by atoms with E-state index in [2.05, 4.69) is 10.3 Å². The van der Waals surface area contributed by atoms with E-state index < -0.39 is 5.91 Å². The maximum atomic E-state index is 12.5. The number of aromatic hydroxyl groups is 1. The Bertz CT molecular complexity index is 749. The molecular formula is C17H20N2O5. The first-order valence-corrected chi connectivity index (χ1v) is 7.19. The summed E-state index contributed by atoms with van der Waals surface area (Å²) in [6.45, 7) is 3.44. The molecule has 0 unspecified atom stereocenters. The molecule has 2 N–H and O–H groups in total. The lowest BCUT2D eigenvalue weighted by Gasteiger charge is -2.14. The number of carbonyl (C=O) groups excluding carboxylic acids is 1. The van der Waals surface area contributed by atoms with Gasteiger partial charge in [-0.25, -0.2) is 0 Å². The second-order valence-electron chi connectivity index (χ2n) is 5.11. The van der Waals surface area contributed by atoms with Crippen molar-refractivity contribution in [3.8, 4) is 23.0 Å². The summed E-state index contributed by atoms with van der Waals surface area (Å²) in [7, 11) is 4.43. The van der Waals surface area contributed by atoms with Crippen LogP contribution in [0.25, 0.3) is 0 Å². The van der Waals surface area contributed by atoms with E-state index in [1.807, 2.05) is 0 Å². The first-order chi connectivity index (χ1) is 11.4. The Kier molecular flexibility index (Phi) is 5.13. The SMILES string of the molecule is COc1cc(C(=O)Nc2cc(C)nc(C)c2O)cc(OC)c1OC. The minimum Gasteiger partial charge on any atom is -0.504 e. The van der Waals surface area contributed by atoms with Crippen molar-refractivity contribution in [3.63, 3.8) is 0 Å². The van der Waals surface area contributed by atoms with Crippen LogP contribution < -0.4 is 19.5 Å². The summed E-state index contributed by atoms with van der Waals surface area (Å²) in [6, 6.07) is 4.67. The Morgan fingerprint density at radius 1 is 1.04 bits per heavy atom. The zero-order chi connectivity index (χ0) is 17.9. The van der Waals surface area contributed by atoms with Crippen molar-refractivity contribution < 1.29 is 24.1 Å². The topological polar surface area (TPSA) is 89.9 Å². The fourth-order valence-corrected chi connectivity index (χ4v) is 2.32. The number of amides is 1. The highest BCUT2D eigenvalue weighted by atomic mass is 16.5. The molecule has 2 rings (SSSR count). The van der Waals surface area contributed by atoms with Gasteiger partial charge in [0, 0.05) is 11.3 Å². The average Bonchev–Trinajstić information content (AvgIpc) is 2.57. The number of nitrogens with one attached hydrogen (secondary N) is 1. The third kappa shape index (κ3) is 3.34. The van der Waals surface area contributed by atoms with Gasteiger partial charge in [0.05, 0.1) is 32.7 Å². The first-order valence-electron chi connectivity index (χ1n) is 7.19. The molecule has 0 saturated heterocycles. The number of benzene rings is 1. The van der Waals surface area contributed by atoms with Crippen LogP contribution in [0.4, 0.5) is 5.69 Å². The van der Waals surface area contributed by atoms with Crippen LogP contribution in [0.1, 0.15) is 21.7 Å². The molecule has 0 atom stereocenters. The van der Waals surface area contributed by atoms with Gasteiger partial charge in [-0.1, -0.05) is 0 Å². The van der Waals surface area contributed by atoms with Crippen LogP contribution in [-0.2, 0) is 0 Å². The number of anilines is 1. The molecule has 1 amide bonds. The number of hydrogen-bond donors (Lipinski definition) is 2. The number of methoxy groups -OCH3 is 3. The predicted octanol–water partition coefficient (Wildman–Crippen LogP) is 2.68. The van der Waals surface area contributed by atoms with Crippen molar-refractivity contribution in [2.45, 2.75) is 13.8 Å². The van der Waals surface area contributed by atoms with Gasteiger partial charge in [-0.2, -0.15) is 0 Å². The molecule has 128 valence electrons. The summed E-state index contributed by atoms with van der Waals surface area (Å²) >= 11 is 0. The zero-order valence-electron chi connectivity index (χ0n) is 14.3. The van der Waals surface area contributed by atoms with Crippen LogP contribution in [0, 0.1) is 13.8 Å². The third-order valence-electron chi connectivity index (χ3n) is 3.47. The minimum absolute atomic E-state index is 0.0682. The Morgan fingerprint density at radius 2 is 1.62 bits per heavy atom. The van der Waals surface area contributed by atoms with Gasteiger partial charge in [-0.3, -0.25) is 9.78 Å². The number of aromatic nitrogens is 1. The molecule has 0 spiro atoms. The predicted molar refractivity (Wildman–Crippen MR) is 89.4 cm³/mol. The Balaban J connectivity index is 2.40. The lowest BCUT2D eigenvalue weighted by Crippen LogP contribution is -2.13. The summed E-state index contributed by atoms with van der Waals surface area (Å²) in [6.07, 6.45) is 0. The summed E-state index contributed by atoms with van der Waals surface area (Å²) < 4.78 is 15.7. The molecule has 24 heavy (non-hydrogen) atoms. The molecule has 1 aromatic heterocycles. The molecule has 0 fully saturated rings. The van der Waals surface area contributed by atoms with Gasteiger partial charge in [0.15, 0.2) is 17.2 Å². The molecule has 2 aromatic rings. The van der Waals surface area contributed by atoms with E-state index >= 15 is 0 Å². The van der Waals surface area contributed by atoms with Crippen molar-refractivity contribution in [1.82, 2.24) is 4.98 Å². The number of rotatable bonds is 5. The van der Waals surface area contributed by atoms with Crippen LogP contribution in [0.15, 0.2) is 18.2 Å². The van der Waals surface area contributed by atoms with Crippen molar-refractivity contribution >= 4 is 11.6 Å². The van der Waals surface area contributed by atoms with E-state index in [-0.39, 0.29) is 5.75 Å². The van der Waals surface area contributed by atoms with Gasteiger partial charge >= 0.3 is 0 Å². The monoisotopic (exact) mass is 332 g/mol. The Labute approximate surface area is 140 Å². The molecular weight excluding hydrogens is 312 g/mol. The largest absolute Gasteiger partial charge is 0.504 e. The van der Waals surface area contributed by atoms with E-state index in [1.165, 1.54) is 33.5 Å². The van der Waals surface area contributed by atoms with Gasteiger partial charge in [0.2, 0.25) is 5.75 Å². The molecule has 1 heterocycles. The van der Waals surface area contributed by atoms with Crippen molar-refractivity contribution in [1.29, 1.82) is 0 Å². The fourth-order valence-electron chi connectivity index (χ4n) is 2.32. The lowest BCUT2D eigenvalue weighted by molar-refractivity contribution is 0.102.